The third kappa shape index (κ3) is 4.58. The number of nitrogens with zero attached hydrogens (tertiary/aromatic N) is 2. The monoisotopic (exact) mass is 584 g/mol. The Kier molecular flexibility index (Phi) is 8.10. The van der Waals surface area contributed by atoms with Crippen LogP contribution in [0.3, 0.4) is 0 Å². The average molecular weight is 584 g/mol. The molecule has 5 atom stereocenters. The average Bonchev–Trinajstić information content (AvgIpc) is 3.41. The van der Waals surface area contributed by atoms with Gasteiger partial charge in [-0.15, -0.1) is 0 Å². The van der Waals surface area contributed by atoms with Crippen LogP contribution in [0.2, 0.25) is 0 Å². The van der Waals surface area contributed by atoms with Gasteiger partial charge in [0.05, 0.1) is 6.61 Å². The van der Waals surface area contributed by atoms with Gasteiger partial charge in [0.15, 0.2) is 11.4 Å². The molecule has 1 aromatic heterocycles. The van der Waals surface area contributed by atoms with Crippen LogP contribution in [0.5, 0.6) is 5.75 Å². The maximum Gasteiger partial charge on any atom is 0.737 e. The maximum atomic E-state index is 16.5. The number of aliphatic hydroxyl groups is 4. The lowest BCUT2D eigenvalue weighted by Gasteiger charge is -2.39. The Hall–Kier alpha value is -3.09. The molecule has 3 aliphatic rings. The Balaban J connectivity index is 1.47. The van der Waals surface area contributed by atoms with Gasteiger partial charge in [-0.3, -0.25) is 0 Å². The van der Waals surface area contributed by atoms with E-state index < -0.39 is 44.3 Å². The van der Waals surface area contributed by atoms with Crippen molar-refractivity contribution >= 4 is 24.3 Å². The molecule has 1 saturated heterocycles. The minimum Gasteiger partial charge on any atom is -0.462 e. The molecule has 0 saturated carbocycles. The molecule has 0 aliphatic carbocycles. The van der Waals surface area contributed by atoms with E-state index in [0.29, 0.717) is 41.4 Å². The van der Waals surface area contributed by atoms with E-state index in [1.54, 1.807) is 43.3 Å². The quantitative estimate of drug-likeness (QED) is 0.370. The Labute approximate surface area is 244 Å². The summed E-state index contributed by atoms with van der Waals surface area (Å²) in [5.74, 6) is 0.319. The van der Waals surface area contributed by atoms with Gasteiger partial charge in [-0.1, -0.05) is 26.0 Å². The number of rotatable bonds is 7. The van der Waals surface area contributed by atoms with Crippen molar-refractivity contribution in [2.75, 3.05) is 6.61 Å². The number of benzene rings is 1. The topological polar surface area (TPSA) is 107 Å². The lowest BCUT2D eigenvalue weighted by molar-refractivity contribution is -0.362. The van der Waals surface area contributed by atoms with Crippen molar-refractivity contribution in [3.05, 3.63) is 75.3 Å². The number of hydrogen-bond donors (Lipinski definition) is 4. The van der Waals surface area contributed by atoms with E-state index in [1.807, 2.05) is 34.6 Å². The molecule has 1 aromatic carbocycles. The SMILES string of the molecule is CCC1=C(C)C2=C(C)c3c(C)c(CC)c(C)n3[B-](F)(F)[N+]2=C1/C=C/c1ccc(O[C@H]2O[C@H](CO)[C@@H](O)[C@H](O)[C@H]2O)cc1. The Bertz CT molecular complexity index is 1520. The number of allylic oxidation sites excluding steroid dienone is 4. The number of ether oxygens (including phenoxy) is 2. The van der Waals surface area contributed by atoms with Crippen molar-refractivity contribution in [3.63, 3.8) is 0 Å². The zero-order valence-electron chi connectivity index (χ0n) is 24.8. The zero-order chi connectivity index (χ0) is 30.7. The highest BCUT2D eigenvalue weighted by molar-refractivity contribution is 6.58. The van der Waals surface area contributed by atoms with E-state index >= 15 is 8.63 Å². The fourth-order valence-electron chi connectivity index (χ4n) is 6.83. The number of halogens is 2. The van der Waals surface area contributed by atoms with Crippen LogP contribution < -0.4 is 4.74 Å². The molecule has 8 nitrogen and oxygen atoms in total. The highest BCUT2D eigenvalue weighted by atomic mass is 19.2. The van der Waals surface area contributed by atoms with Gasteiger partial charge in [0.2, 0.25) is 6.29 Å². The van der Waals surface area contributed by atoms with Crippen LogP contribution in [0.4, 0.5) is 8.63 Å². The lowest BCUT2D eigenvalue weighted by atomic mass is 9.86. The zero-order valence-corrected chi connectivity index (χ0v) is 24.8. The Morgan fingerprint density at radius 1 is 0.952 bits per heavy atom. The summed E-state index contributed by atoms with van der Waals surface area (Å²) in [4.78, 5) is 0. The van der Waals surface area contributed by atoms with Gasteiger partial charge in [0, 0.05) is 28.5 Å². The largest absolute Gasteiger partial charge is 0.737 e. The summed E-state index contributed by atoms with van der Waals surface area (Å²) in [6, 6.07) is 6.73. The predicted molar refractivity (Wildman–Crippen MR) is 157 cm³/mol. The van der Waals surface area contributed by atoms with Crippen molar-refractivity contribution in [1.82, 2.24) is 4.48 Å². The molecule has 0 amide bonds. The molecule has 0 unspecified atom stereocenters. The third-order valence-corrected chi connectivity index (χ3v) is 8.92. The van der Waals surface area contributed by atoms with E-state index in [0.717, 1.165) is 33.4 Å². The standard InChI is InChI=1S/C31H39BF2N2O6/c1-7-22-16(3)26-18(5)27-17(4)23(8-2)24(36(27)32(33,34)35(26)19(22)6)14-11-20-9-12-21(13-10-20)41-31-30(40)29(39)28(38)25(15-37)42-31/h9-14,25,28-31,37-40H,7-8,15H2,1-6H3/b14-11+/t25-,28-,29+,30-,31+/m1/s1. The van der Waals surface area contributed by atoms with Crippen molar-refractivity contribution in [3.8, 4) is 5.75 Å². The number of aliphatic hydroxyl groups excluding tert-OH is 4. The van der Waals surface area contributed by atoms with E-state index in [2.05, 4.69) is 0 Å². The van der Waals surface area contributed by atoms with Crippen LogP contribution in [0.15, 0.2) is 47.2 Å². The third-order valence-electron chi connectivity index (χ3n) is 8.92. The van der Waals surface area contributed by atoms with Gasteiger partial charge in [0.1, 0.15) is 30.2 Å². The Morgan fingerprint density at radius 3 is 2.21 bits per heavy atom. The summed E-state index contributed by atoms with van der Waals surface area (Å²) in [5.41, 5.74) is 7.50. The summed E-state index contributed by atoms with van der Waals surface area (Å²) >= 11 is 0. The molecule has 0 bridgehead atoms. The van der Waals surface area contributed by atoms with Gasteiger partial charge < -0.3 is 47.5 Å². The molecule has 0 radical (unpaired) electrons. The molecule has 1 fully saturated rings. The molecular weight excluding hydrogens is 545 g/mol. The van der Waals surface area contributed by atoms with E-state index in [9.17, 15) is 20.4 Å². The molecule has 3 aliphatic heterocycles. The minimum atomic E-state index is -4.14. The number of aromatic nitrogens is 1. The molecule has 42 heavy (non-hydrogen) atoms. The van der Waals surface area contributed by atoms with Crippen LogP contribution in [0.1, 0.15) is 62.2 Å². The van der Waals surface area contributed by atoms with Crippen LogP contribution in [0.25, 0.3) is 11.6 Å². The molecule has 4 heterocycles. The van der Waals surface area contributed by atoms with Gasteiger partial charge in [-0.2, -0.15) is 0 Å². The van der Waals surface area contributed by atoms with Crippen molar-refractivity contribution < 1.29 is 43.0 Å². The molecule has 5 rings (SSSR count). The molecule has 0 spiro atoms. The van der Waals surface area contributed by atoms with Gasteiger partial charge >= 0.3 is 6.97 Å². The minimum absolute atomic E-state index is 0.319. The van der Waals surface area contributed by atoms with Gasteiger partial charge in [-0.25, -0.2) is 0 Å². The van der Waals surface area contributed by atoms with Crippen LogP contribution in [0, 0.1) is 13.8 Å². The lowest BCUT2D eigenvalue weighted by Crippen LogP contribution is -2.60. The highest BCUT2D eigenvalue weighted by Crippen LogP contribution is 2.44. The van der Waals surface area contributed by atoms with Gasteiger partial charge in [0.25, 0.3) is 0 Å². The smallest absolute Gasteiger partial charge is 0.462 e. The first-order chi connectivity index (χ1) is 19.9. The first-order valence-electron chi connectivity index (χ1n) is 14.4. The molecule has 226 valence electrons. The number of fused-ring (bicyclic) bond motifs is 2. The molecular formula is C31H39BF2N2O6. The van der Waals surface area contributed by atoms with Crippen LogP contribution >= 0.6 is 0 Å². The highest BCUT2D eigenvalue weighted by Gasteiger charge is 2.56. The number of hydrogen-bond acceptors (Lipinski definition) is 6. The van der Waals surface area contributed by atoms with E-state index in [-0.39, 0.29) is 0 Å². The summed E-state index contributed by atoms with van der Waals surface area (Å²) in [6.07, 6.45) is -2.12. The first kappa shape index (κ1) is 30.4. The normalized spacial score (nSPS) is 27.3. The predicted octanol–water partition coefficient (Wildman–Crippen LogP) is 3.72. The first-order valence-corrected chi connectivity index (χ1v) is 14.4. The summed E-state index contributed by atoms with van der Waals surface area (Å²) < 4.78 is 46.6. The maximum absolute atomic E-state index is 16.5. The fourth-order valence-corrected chi connectivity index (χ4v) is 6.83. The molecule has 11 heteroatoms. The summed E-state index contributed by atoms with van der Waals surface area (Å²) in [7, 11) is 0. The molecule has 4 N–H and O–H groups in total. The van der Waals surface area contributed by atoms with Crippen molar-refractivity contribution in [2.45, 2.75) is 85.1 Å². The second-order valence-corrected chi connectivity index (χ2v) is 11.3. The van der Waals surface area contributed by atoms with Crippen molar-refractivity contribution in [1.29, 1.82) is 0 Å². The second-order valence-electron chi connectivity index (χ2n) is 11.3. The summed E-state index contributed by atoms with van der Waals surface area (Å²) in [5, 5.41) is 39.6. The summed E-state index contributed by atoms with van der Waals surface area (Å²) in [6.45, 7) is 6.85. The van der Waals surface area contributed by atoms with Crippen molar-refractivity contribution in [2.24, 2.45) is 0 Å². The van der Waals surface area contributed by atoms with Crippen LogP contribution in [-0.2, 0) is 11.2 Å². The van der Waals surface area contributed by atoms with Gasteiger partial charge in [-0.05, 0) is 81.1 Å². The second kappa shape index (κ2) is 11.2. The van der Waals surface area contributed by atoms with E-state index in [1.165, 1.54) is 8.96 Å². The Morgan fingerprint density at radius 2 is 1.62 bits per heavy atom. The van der Waals surface area contributed by atoms with Crippen LogP contribution in [-0.4, -0.2) is 79.4 Å². The van der Waals surface area contributed by atoms with E-state index in [4.69, 9.17) is 9.47 Å². The fraction of sp³-hybridized carbons (Fsp3) is 0.452. The molecule has 2 aromatic rings.